The molecule has 0 aromatic heterocycles. The molecular weight excluding hydrogens is 379 g/mol. The number of aliphatic carboxylic acids is 1. The Morgan fingerprint density at radius 1 is 0.966 bits per heavy atom. The fourth-order valence-corrected chi connectivity index (χ4v) is 2.90. The zero-order chi connectivity index (χ0) is 21.4. The number of carboxylic acids is 1. The fourth-order valence-electron chi connectivity index (χ4n) is 2.90. The maximum absolute atomic E-state index is 14.0. The summed E-state index contributed by atoms with van der Waals surface area (Å²) in [4.78, 5) is 35.9. The molecule has 0 aliphatic rings. The lowest BCUT2D eigenvalue weighted by molar-refractivity contribution is -0.142. The number of carbonyl (C=O) groups excluding carboxylic acids is 2. The normalized spacial score (nSPS) is 12.5. The van der Waals surface area contributed by atoms with Gasteiger partial charge >= 0.3 is 5.97 Å². The predicted molar refractivity (Wildman–Crippen MR) is 104 cm³/mol. The number of carboxylic acid groups (broad SMARTS) is 1. The van der Waals surface area contributed by atoms with Gasteiger partial charge in [-0.05, 0) is 23.3 Å². The van der Waals surface area contributed by atoms with Crippen LogP contribution in [0, 0.1) is 5.82 Å². The van der Waals surface area contributed by atoms with Crippen molar-refractivity contribution < 1.29 is 28.6 Å². The standard InChI is InChI=1S/C21H23FN2O5/c1-13(25)23-17(11-14-7-3-5-9-16(14)22)20(26)24-18(21(27)28)12-15-8-4-6-10-19(15)29-2/h3-10,17-18H,11-12H2,1-2H3,(H,23,25)(H,24,26)(H,27,28)/t17-,18+/m0/s1. The van der Waals surface area contributed by atoms with Crippen LogP contribution in [0.5, 0.6) is 5.75 Å². The van der Waals surface area contributed by atoms with Crippen LogP contribution in [0.15, 0.2) is 48.5 Å². The van der Waals surface area contributed by atoms with Gasteiger partial charge in [0.25, 0.3) is 0 Å². The van der Waals surface area contributed by atoms with Crippen LogP contribution in [0.2, 0.25) is 0 Å². The lowest BCUT2D eigenvalue weighted by Crippen LogP contribution is -2.52. The minimum absolute atomic E-state index is 0.0163. The van der Waals surface area contributed by atoms with Gasteiger partial charge in [0.15, 0.2) is 0 Å². The molecular formula is C21H23FN2O5. The van der Waals surface area contributed by atoms with Crippen LogP contribution < -0.4 is 15.4 Å². The Kier molecular flexibility index (Phi) is 7.70. The first-order valence-electron chi connectivity index (χ1n) is 8.97. The Hall–Kier alpha value is -3.42. The van der Waals surface area contributed by atoms with Gasteiger partial charge in [-0.2, -0.15) is 0 Å². The largest absolute Gasteiger partial charge is 0.496 e. The van der Waals surface area contributed by atoms with E-state index in [0.29, 0.717) is 11.3 Å². The van der Waals surface area contributed by atoms with Gasteiger partial charge in [0.2, 0.25) is 11.8 Å². The third kappa shape index (κ3) is 6.31. The smallest absolute Gasteiger partial charge is 0.326 e. The van der Waals surface area contributed by atoms with Crippen LogP contribution in [0.25, 0.3) is 0 Å². The van der Waals surface area contributed by atoms with E-state index >= 15 is 0 Å². The molecule has 8 heteroatoms. The number of ether oxygens (including phenoxy) is 1. The summed E-state index contributed by atoms with van der Waals surface area (Å²) in [6.45, 7) is 1.23. The molecule has 0 saturated heterocycles. The van der Waals surface area contributed by atoms with E-state index in [0.717, 1.165) is 0 Å². The molecule has 29 heavy (non-hydrogen) atoms. The minimum Gasteiger partial charge on any atom is -0.496 e. The highest BCUT2D eigenvalue weighted by atomic mass is 19.1. The number of halogens is 1. The maximum Gasteiger partial charge on any atom is 0.326 e. The molecule has 0 spiro atoms. The summed E-state index contributed by atoms with van der Waals surface area (Å²) in [5, 5.41) is 14.4. The quantitative estimate of drug-likeness (QED) is 0.592. The number of benzene rings is 2. The molecule has 0 radical (unpaired) electrons. The highest BCUT2D eigenvalue weighted by Gasteiger charge is 2.27. The highest BCUT2D eigenvalue weighted by molar-refractivity contribution is 5.90. The Morgan fingerprint density at radius 3 is 2.14 bits per heavy atom. The van der Waals surface area contributed by atoms with E-state index in [1.54, 1.807) is 30.3 Å². The molecule has 0 bridgehead atoms. The molecule has 2 amide bonds. The topological polar surface area (TPSA) is 105 Å². The lowest BCUT2D eigenvalue weighted by atomic mass is 10.0. The van der Waals surface area contributed by atoms with Crippen LogP contribution in [0.1, 0.15) is 18.1 Å². The average Bonchev–Trinajstić information content (AvgIpc) is 2.68. The number of carbonyl (C=O) groups is 3. The van der Waals surface area contributed by atoms with Crippen molar-refractivity contribution in [1.82, 2.24) is 10.6 Å². The Morgan fingerprint density at radius 2 is 1.55 bits per heavy atom. The molecule has 2 rings (SSSR count). The summed E-state index contributed by atoms with van der Waals surface area (Å²) in [6.07, 6.45) is -0.128. The van der Waals surface area contributed by atoms with E-state index in [1.807, 2.05) is 0 Å². The van der Waals surface area contributed by atoms with Crippen LogP contribution in [0.4, 0.5) is 4.39 Å². The van der Waals surface area contributed by atoms with Crippen LogP contribution in [0.3, 0.4) is 0 Å². The number of rotatable bonds is 9. The van der Waals surface area contributed by atoms with Crippen molar-refractivity contribution in [3.63, 3.8) is 0 Å². The van der Waals surface area contributed by atoms with Crippen molar-refractivity contribution in [3.8, 4) is 5.75 Å². The number of para-hydroxylation sites is 1. The minimum atomic E-state index is -1.25. The molecule has 0 heterocycles. The van der Waals surface area contributed by atoms with Crippen molar-refractivity contribution in [2.24, 2.45) is 0 Å². The van der Waals surface area contributed by atoms with Crippen molar-refractivity contribution in [3.05, 3.63) is 65.5 Å². The second-order valence-electron chi connectivity index (χ2n) is 6.46. The average molecular weight is 402 g/mol. The van der Waals surface area contributed by atoms with Crippen molar-refractivity contribution in [2.45, 2.75) is 31.8 Å². The van der Waals surface area contributed by atoms with Crippen LogP contribution >= 0.6 is 0 Å². The Bertz CT molecular complexity index is 887. The molecule has 0 fully saturated rings. The van der Waals surface area contributed by atoms with Gasteiger partial charge in [0.05, 0.1) is 7.11 Å². The predicted octanol–water partition coefficient (Wildman–Crippen LogP) is 1.69. The van der Waals surface area contributed by atoms with E-state index in [2.05, 4.69) is 10.6 Å². The van der Waals surface area contributed by atoms with Gasteiger partial charge < -0.3 is 20.5 Å². The summed E-state index contributed by atoms with van der Waals surface area (Å²) in [7, 11) is 1.47. The van der Waals surface area contributed by atoms with Gasteiger partial charge in [0.1, 0.15) is 23.7 Å². The van der Waals surface area contributed by atoms with E-state index in [9.17, 15) is 23.9 Å². The summed E-state index contributed by atoms with van der Waals surface area (Å²) < 4.78 is 19.2. The van der Waals surface area contributed by atoms with Gasteiger partial charge in [0, 0.05) is 19.8 Å². The number of methoxy groups -OCH3 is 1. The maximum atomic E-state index is 14.0. The van der Waals surface area contributed by atoms with Gasteiger partial charge in [-0.15, -0.1) is 0 Å². The Labute approximate surface area is 167 Å². The zero-order valence-electron chi connectivity index (χ0n) is 16.1. The fraction of sp³-hybridized carbons (Fsp3) is 0.286. The van der Waals surface area contributed by atoms with Gasteiger partial charge in [-0.1, -0.05) is 36.4 Å². The first kappa shape index (κ1) is 21.9. The number of amides is 2. The molecule has 154 valence electrons. The first-order valence-corrected chi connectivity index (χ1v) is 8.97. The van der Waals surface area contributed by atoms with Gasteiger partial charge in [-0.25, -0.2) is 9.18 Å². The second-order valence-corrected chi connectivity index (χ2v) is 6.46. The summed E-state index contributed by atoms with van der Waals surface area (Å²) in [5.41, 5.74) is 0.839. The molecule has 0 saturated carbocycles. The number of nitrogens with one attached hydrogen (secondary N) is 2. The molecule has 7 nitrogen and oxygen atoms in total. The third-order valence-corrected chi connectivity index (χ3v) is 4.31. The molecule has 2 aromatic carbocycles. The van der Waals surface area contributed by atoms with Crippen molar-refractivity contribution in [2.75, 3.05) is 7.11 Å². The molecule has 0 unspecified atom stereocenters. The molecule has 0 aliphatic heterocycles. The van der Waals surface area contributed by atoms with Crippen molar-refractivity contribution >= 4 is 17.8 Å². The monoisotopic (exact) mass is 402 g/mol. The lowest BCUT2D eigenvalue weighted by Gasteiger charge is -2.22. The molecule has 3 N–H and O–H groups in total. The summed E-state index contributed by atoms with van der Waals surface area (Å²) in [5.74, 6) is -2.46. The van der Waals surface area contributed by atoms with E-state index in [4.69, 9.17) is 4.74 Å². The second kappa shape index (κ2) is 10.2. The summed E-state index contributed by atoms with van der Waals surface area (Å²) in [6, 6.07) is 10.4. The third-order valence-electron chi connectivity index (χ3n) is 4.31. The first-order chi connectivity index (χ1) is 13.8. The molecule has 0 aliphatic carbocycles. The number of hydrogen-bond acceptors (Lipinski definition) is 4. The highest BCUT2D eigenvalue weighted by Crippen LogP contribution is 2.19. The van der Waals surface area contributed by atoms with E-state index < -0.39 is 35.7 Å². The van der Waals surface area contributed by atoms with Gasteiger partial charge in [-0.3, -0.25) is 9.59 Å². The molecule has 2 atom stereocenters. The zero-order valence-corrected chi connectivity index (χ0v) is 16.1. The van der Waals surface area contributed by atoms with Crippen LogP contribution in [-0.2, 0) is 27.2 Å². The van der Waals surface area contributed by atoms with Crippen LogP contribution in [-0.4, -0.2) is 42.1 Å². The molecule has 2 aromatic rings. The summed E-state index contributed by atoms with van der Waals surface area (Å²) >= 11 is 0. The SMILES string of the molecule is COc1ccccc1C[C@@H](NC(=O)[C@H](Cc1ccccc1F)NC(C)=O)C(=O)O. The van der Waals surface area contributed by atoms with Crippen molar-refractivity contribution in [1.29, 1.82) is 0 Å². The van der Waals surface area contributed by atoms with E-state index in [-0.39, 0.29) is 18.4 Å². The van der Waals surface area contributed by atoms with E-state index in [1.165, 1.54) is 32.2 Å². The number of hydrogen-bond donors (Lipinski definition) is 3. The Balaban J connectivity index is 2.18.